The largest absolute Gasteiger partial charge is 0.256 e. The van der Waals surface area contributed by atoms with Crippen molar-refractivity contribution < 1.29 is 0 Å². The third-order valence-corrected chi connectivity index (χ3v) is 27.4. The van der Waals surface area contributed by atoms with Crippen molar-refractivity contribution in [2.24, 2.45) is 0 Å². The highest BCUT2D eigenvalue weighted by Gasteiger charge is 2.40. The fourth-order valence-electron chi connectivity index (χ4n) is 21.1. The van der Waals surface area contributed by atoms with Crippen LogP contribution in [0.25, 0.3) is 199 Å². The molecule has 0 spiro atoms. The Morgan fingerprint density at radius 2 is 0.483 bits per heavy atom. The number of nitrogens with zero attached hydrogens (tertiary/aromatic N) is 4. The van der Waals surface area contributed by atoms with Crippen molar-refractivity contribution in [3.05, 3.63) is 409 Å². The molecule has 24 rings (SSSR count). The molecule has 120 heavy (non-hydrogen) atoms. The predicted molar refractivity (Wildman–Crippen MR) is 503 cm³/mol. The van der Waals surface area contributed by atoms with Crippen LogP contribution in [0.4, 0.5) is 0 Å². The smallest absolute Gasteiger partial charge is 0.0794 e. The first-order chi connectivity index (χ1) is 58.5. The summed E-state index contributed by atoms with van der Waals surface area (Å²) in [6, 6.07) is 132. The molecular weight excluding hydrogens is 1450 g/mol. The van der Waals surface area contributed by atoms with E-state index in [9.17, 15) is 0 Å². The van der Waals surface area contributed by atoms with Gasteiger partial charge in [-0.05, 0) is 216 Å². The molecule has 16 aromatic carbocycles. The van der Waals surface area contributed by atoms with Gasteiger partial charge in [0.15, 0.2) is 0 Å². The molecule has 0 bridgehead atoms. The molecule has 568 valence electrons. The Kier molecular flexibility index (Phi) is 15.7. The van der Waals surface area contributed by atoms with Crippen LogP contribution < -0.4 is 0 Å². The van der Waals surface area contributed by atoms with Gasteiger partial charge in [-0.15, -0.1) is 0 Å². The molecular formula is C116H84N4. The molecule has 4 aromatic heterocycles. The summed E-state index contributed by atoms with van der Waals surface area (Å²) < 4.78 is 0. The first kappa shape index (κ1) is 71.0. The van der Waals surface area contributed by atoms with Gasteiger partial charge >= 0.3 is 0 Å². The van der Waals surface area contributed by atoms with Crippen LogP contribution in [0.1, 0.15) is 99.9 Å². The summed E-state index contributed by atoms with van der Waals surface area (Å²) in [7, 11) is 0. The number of para-hydroxylation sites is 1. The lowest BCUT2D eigenvalue weighted by atomic mass is 9.81. The molecule has 0 aliphatic heterocycles. The van der Waals surface area contributed by atoms with E-state index >= 15 is 0 Å². The number of benzene rings is 16. The first-order valence-corrected chi connectivity index (χ1v) is 42.1. The Bertz CT molecular complexity index is 7750. The third-order valence-electron chi connectivity index (χ3n) is 27.4. The highest BCUT2D eigenvalue weighted by molar-refractivity contribution is 6.19. The minimum Gasteiger partial charge on any atom is -0.256 e. The standard InChI is InChI=1S/C62H44N2.C54H40N2/c1-61(2)53-22-12-9-17-43(53)45-31-29-39(33-55(45)61)50-35-52-51(37-25-27-38(28-26-37)59-48-20-7-5-15-41(48)47-19-11-14-24-57(47)63-59)36-58(64-60(52)49-21-8-6-16-42(49)50)40-30-32-46-44-18-10-13-23-54(44)62(3,4)56(46)34-40;1-53(2)46-17-9-7-14-38(46)40-26-24-35(29-48(40)53)43-31-45-44(33-20-22-34(23-21-33)50-19-11-12-28-55-50)32-51(56-52(45)42-16-6-5-13-37(42)43)36-25-27-41-39-15-8-10-18-47(39)54(3,4)49(41)30-36/h5-36H,1-4H3;5-32H,1-4H3. The van der Waals surface area contributed by atoms with Gasteiger partial charge in [0.25, 0.3) is 0 Å². The average Bonchev–Trinajstić information content (AvgIpc) is 1.27. The van der Waals surface area contributed by atoms with Gasteiger partial charge in [0.1, 0.15) is 0 Å². The van der Waals surface area contributed by atoms with Gasteiger partial charge in [0.2, 0.25) is 0 Å². The Balaban J connectivity index is 0.000000141. The van der Waals surface area contributed by atoms with Crippen LogP contribution in [0.2, 0.25) is 0 Å². The van der Waals surface area contributed by atoms with E-state index in [4.69, 9.17) is 15.0 Å². The summed E-state index contributed by atoms with van der Waals surface area (Å²) in [6.45, 7) is 18.8. The second-order valence-corrected chi connectivity index (χ2v) is 35.5. The molecule has 0 saturated carbocycles. The van der Waals surface area contributed by atoms with Crippen LogP contribution in [0.15, 0.2) is 364 Å². The lowest BCUT2D eigenvalue weighted by Gasteiger charge is -2.22. The number of pyridine rings is 4. The summed E-state index contributed by atoms with van der Waals surface area (Å²) in [4.78, 5) is 21.1. The summed E-state index contributed by atoms with van der Waals surface area (Å²) in [5.41, 5.74) is 42.1. The second kappa shape index (κ2) is 26.6. The predicted octanol–water partition coefficient (Wildman–Crippen LogP) is 30.4. The summed E-state index contributed by atoms with van der Waals surface area (Å²) in [5, 5.41) is 10.5. The Morgan fingerprint density at radius 3 is 0.900 bits per heavy atom. The molecule has 0 fully saturated rings. The minimum atomic E-state index is -0.119. The van der Waals surface area contributed by atoms with Crippen LogP contribution in [0.3, 0.4) is 0 Å². The molecule has 20 aromatic rings. The van der Waals surface area contributed by atoms with E-state index in [2.05, 4.69) is 406 Å². The van der Waals surface area contributed by atoms with E-state index in [0.29, 0.717) is 0 Å². The fraction of sp³-hybridized carbons (Fsp3) is 0.103. The Morgan fingerprint density at radius 1 is 0.175 bits per heavy atom. The van der Waals surface area contributed by atoms with Crippen LogP contribution in [0.5, 0.6) is 0 Å². The van der Waals surface area contributed by atoms with Gasteiger partial charge in [0.05, 0.1) is 39.3 Å². The normalized spacial score (nSPS) is 14.3. The molecule has 4 heteroatoms. The average molecular weight is 1530 g/mol. The summed E-state index contributed by atoms with van der Waals surface area (Å²) in [6.07, 6.45) is 1.85. The molecule has 4 nitrogen and oxygen atoms in total. The van der Waals surface area contributed by atoms with Crippen LogP contribution >= 0.6 is 0 Å². The lowest BCUT2D eigenvalue weighted by Crippen LogP contribution is -2.15. The van der Waals surface area contributed by atoms with Gasteiger partial charge < -0.3 is 0 Å². The Hall–Kier alpha value is -14.3. The Labute approximate surface area is 700 Å². The van der Waals surface area contributed by atoms with E-state index in [0.717, 1.165) is 105 Å². The van der Waals surface area contributed by atoms with Crippen molar-refractivity contribution in [3.63, 3.8) is 0 Å². The van der Waals surface area contributed by atoms with Gasteiger partial charge in [0, 0.05) is 82.4 Å². The minimum absolute atomic E-state index is 0.0860. The SMILES string of the molecule is CC1(C)c2ccccc2-c2ccc(-c3cc(-c4ccc(-c5ccccn5)cc4)c4cc(-c5ccc6c(c5)C(C)(C)c5ccccc5-6)c5ccccc5c4n3)cc21.CC1(C)c2ccccc2-c2ccc(-c3cc(-c4ccc(-c5nc6ccccc6c6ccccc56)cc4)c4cc(-c5ccc6c(c5)C(C)(C)c5ccccc5-6)c5ccccc5c4n3)cc21. The third kappa shape index (κ3) is 10.8. The van der Waals surface area contributed by atoms with Crippen molar-refractivity contribution in [2.75, 3.05) is 0 Å². The van der Waals surface area contributed by atoms with Crippen molar-refractivity contribution in [1.29, 1.82) is 0 Å². The monoisotopic (exact) mass is 1530 g/mol. The molecule has 0 N–H and O–H groups in total. The van der Waals surface area contributed by atoms with Crippen LogP contribution in [-0.4, -0.2) is 19.9 Å². The summed E-state index contributed by atoms with van der Waals surface area (Å²) in [5.74, 6) is 0. The fourth-order valence-corrected chi connectivity index (χ4v) is 21.1. The van der Waals surface area contributed by atoms with Crippen LogP contribution in [-0.2, 0) is 21.7 Å². The molecule has 0 atom stereocenters. The zero-order valence-corrected chi connectivity index (χ0v) is 68.4. The van der Waals surface area contributed by atoms with Crippen molar-refractivity contribution in [2.45, 2.75) is 77.0 Å². The van der Waals surface area contributed by atoms with Crippen molar-refractivity contribution in [1.82, 2.24) is 19.9 Å². The summed E-state index contributed by atoms with van der Waals surface area (Å²) >= 11 is 0. The molecule has 0 radical (unpaired) electrons. The molecule has 0 saturated heterocycles. The van der Waals surface area contributed by atoms with Crippen molar-refractivity contribution in [3.8, 4) is 134 Å². The second-order valence-electron chi connectivity index (χ2n) is 35.5. The maximum Gasteiger partial charge on any atom is 0.0794 e. The number of fused-ring (bicyclic) bond motifs is 21. The number of hydrogen-bond acceptors (Lipinski definition) is 4. The van der Waals surface area contributed by atoms with Crippen molar-refractivity contribution >= 4 is 65.0 Å². The van der Waals surface area contributed by atoms with Crippen LogP contribution in [0, 0.1) is 0 Å². The van der Waals surface area contributed by atoms with E-state index in [-0.39, 0.29) is 21.7 Å². The number of hydrogen-bond donors (Lipinski definition) is 0. The highest BCUT2D eigenvalue weighted by atomic mass is 14.7. The lowest BCUT2D eigenvalue weighted by molar-refractivity contribution is 0.660. The molecule has 4 heterocycles. The maximum atomic E-state index is 5.64. The molecule has 0 unspecified atom stereocenters. The highest BCUT2D eigenvalue weighted by Crippen LogP contribution is 2.56. The molecule has 4 aliphatic rings. The van der Waals surface area contributed by atoms with E-state index < -0.39 is 0 Å². The van der Waals surface area contributed by atoms with E-state index in [1.54, 1.807) is 0 Å². The van der Waals surface area contributed by atoms with Gasteiger partial charge in [-0.3, -0.25) is 4.98 Å². The van der Waals surface area contributed by atoms with Gasteiger partial charge in [-0.25, -0.2) is 15.0 Å². The van der Waals surface area contributed by atoms with E-state index in [1.165, 1.54) is 138 Å². The van der Waals surface area contributed by atoms with E-state index in [1.807, 2.05) is 18.3 Å². The van der Waals surface area contributed by atoms with Gasteiger partial charge in [-0.2, -0.15) is 0 Å². The quantitative estimate of drug-likeness (QED) is 0.142. The zero-order chi connectivity index (χ0) is 80.7. The topological polar surface area (TPSA) is 51.6 Å². The number of aromatic nitrogens is 4. The zero-order valence-electron chi connectivity index (χ0n) is 68.4. The maximum absolute atomic E-state index is 5.64. The number of rotatable bonds is 8. The van der Waals surface area contributed by atoms with Gasteiger partial charge in [-0.1, -0.05) is 347 Å². The first-order valence-electron chi connectivity index (χ1n) is 42.1. The molecule has 4 aliphatic carbocycles. The molecule has 0 amide bonds.